The number of nitrogens with one attached hydrogen (secondary N) is 2. The zero-order chi connectivity index (χ0) is 13.4. The lowest BCUT2D eigenvalue weighted by molar-refractivity contribution is -0.384. The molecule has 4 N–H and O–H groups in total. The highest BCUT2D eigenvalue weighted by Crippen LogP contribution is 2.19. The van der Waals surface area contributed by atoms with E-state index >= 15 is 0 Å². The maximum Gasteiger partial charge on any atom is 0.276 e. The van der Waals surface area contributed by atoms with E-state index in [1.54, 1.807) is 11.8 Å². The standard InChI is InChI=1S/C10H17N5O2S/c1-18-5-3-2-4-12-9-6-8(15(16)17)7-10(13-9)14-11/h6-7H,2-5,11H2,1H3,(H2,12,13,14). The van der Waals surface area contributed by atoms with Crippen LogP contribution in [0.4, 0.5) is 17.3 Å². The lowest BCUT2D eigenvalue weighted by Gasteiger charge is -2.07. The van der Waals surface area contributed by atoms with Crippen molar-refractivity contribution in [2.75, 3.05) is 29.3 Å². The first-order valence-corrected chi connectivity index (χ1v) is 6.92. The molecule has 7 nitrogen and oxygen atoms in total. The van der Waals surface area contributed by atoms with Gasteiger partial charge < -0.3 is 10.7 Å². The summed E-state index contributed by atoms with van der Waals surface area (Å²) in [7, 11) is 0. The molecule has 1 aromatic rings. The van der Waals surface area contributed by atoms with Crippen molar-refractivity contribution < 1.29 is 4.92 Å². The second kappa shape index (κ2) is 7.72. The number of rotatable bonds is 8. The van der Waals surface area contributed by atoms with E-state index in [1.165, 1.54) is 12.1 Å². The molecule has 0 aromatic carbocycles. The van der Waals surface area contributed by atoms with Gasteiger partial charge >= 0.3 is 0 Å². The Balaban J connectivity index is 2.58. The molecule has 0 amide bonds. The predicted molar refractivity (Wildman–Crippen MR) is 74.8 cm³/mol. The summed E-state index contributed by atoms with van der Waals surface area (Å²) in [6.07, 6.45) is 4.16. The van der Waals surface area contributed by atoms with Crippen LogP contribution in [0.2, 0.25) is 0 Å². The minimum atomic E-state index is -0.471. The molecule has 1 rings (SSSR count). The number of nitrogen functional groups attached to an aromatic ring is 1. The number of thioether (sulfide) groups is 1. The highest BCUT2D eigenvalue weighted by atomic mass is 32.2. The number of pyridine rings is 1. The fourth-order valence-electron chi connectivity index (χ4n) is 1.37. The first-order chi connectivity index (χ1) is 8.67. The van der Waals surface area contributed by atoms with Crippen molar-refractivity contribution in [3.8, 4) is 0 Å². The van der Waals surface area contributed by atoms with Gasteiger partial charge in [0.2, 0.25) is 0 Å². The minimum Gasteiger partial charge on any atom is -0.370 e. The predicted octanol–water partition coefficient (Wildman–Crippen LogP) is 1.83. The molecule has 0 unspecified atom stereocenters. The van der Waals surface area contributed by atoms with Crippen LogP contribution < -0.4 is 16.6 Å². The van der Waals surface area contributed by atoms with E-state index in [2.05, 4.69) is 22.0 Å². The summed E-state index contributed by atoms with van der Waals surface area (Å²) in [4.78, 5) is 14.3. The molecule has 8 heteroatoms. The summed E-state index contributed by atoms with van der Waals surface area (Å²) < 4.78 is 0. The van der Waals surface area contributed by atoms with Crippen LogP contribution in [-0.2, 0) is 0 Å². The van der Waals surface area contributed by atoms with Crippen LogP contribution in [0.5, 0.6) is 0 Å². The average Bonchev–Trinajstić information content (AvgIpc) is 2.38. The largest absolute Gasteiger partial charge is 0.370 e. The lowest BCUT2D eigenvalue weighted by Crippen LogP contribution is -2.11. The van der Waals surface area contributed by atoms with Crippen molar-refractivity contribution in [1.82, 2.24) is 4.98 Å². The number of unbranched alkanes of at least 4 members (excludes halogenated alkanes) is 1. The number of hydrogen-bond donors (Lipinski definition) is 3. The summed E-state index contributed by atoms with van der Waals surface area (Å²) in [5.41, 5.74) is 2.28. The third-order valence-electron chi connectivity index (χ3n) is 2.25. The average molecular weight is 271 g/mol. The Hall–Kier alpha value is -1.54. The molecule has 1 aromatic heterocycles. The molecule has 0 aliphatic rings. The maximum atomic E-state index is 10.7. The highest BCUT2D eigenvalue weighted by molar-refractivity contribution is 7.98. The molecule has 0 saturated carbocycles. The van der Waals surface area contributed by atoms with Crippen molar-refractivity contribution >= 4 is 29.1 Å². The molecule has 0 bridgehead atoms. The quantitative estimate of drug-likeness (QED) is 0.286. The molecule has 0 atom stereocenters. The fourth-order valence-corrected chi connectivity index (χ4v) is 1.87. The zero-order valence-electron chi connectivity index (χ0n) is 10.2. The van der Waals surface area contributed by atoms with Crippen LogP contribution in [0.25, 0.3) is 0 Å². The van der Waals surface area contributed by atoms with Gasteiger partial charge in [0.25, 0.3) is 5.69 Å². The Morgan fingerprint density at radius 3 is 2.78 bits per heavy atom. The van der Waals surface area contributed by atoms with Crippen molar-refractivity contribution in [1.29, 1.82) is 0 Å². The Bertz CT molecular complexity index is 402. The lowest BCUT2D eigenvalue weighted by atomic mass is 10.3. The van der Waals surface area contributed by atoms with Gasteiger partial charge in [-0.2, -0.15) is 11.8 Å². The first-order valence-electron chi connectivity index (χ1n) is 5.53. The molecule has 0 fully saturated rings. The second-order valence-electron chi connectivity index (χ2n) is 3.62. The third-order valence-corrected chi connectivity index (χ3v) is 2.95. The van der Waals surface area contributed by atoms with Crippen molar-refractivity contribution in [3.05, 3.63) is 22.2 Å². The first kappa shape index (κ1) is 14.5. The number of nitrogens with zero attached hydrogens (tertiary/aromatic N) is 2. The topological polar surface area (TPSA) is 106 Å². The second-order valence-corrected chi connectivity index (χ2v) is 4.61. The highest BCUT2D eigenvalue weighted by Gasteiger charge is 2.10. The number of nitro groups is 1. The smallest absolute Gasteiger partial charge is 0.276 e. The van der Waals surface area contributed by atoms with E-state index in [-0.39, 0.29) is 11.5 Å². The molecular weight excluding hydrogens is 254 g/mol. The Kier molecular flexibility index (Phi) is 6.23. The SMILES string of the molecule is CSCCCCNc1cc([N+](=O)[O-])cc(NN)n1. The van der Waals surface area contributed by atoms with E-state index in [1.807, 2.05) is 0 Å². The zero-order valence-corrected chi connectivity index (χ0v) is 11.0. The van der Waals surface area contributed by atoms with Crippen molar-refractivity contribution in [2.45, 2.75) is 12.8 Å². The van der Waals surface area contributed by atoms with Crippen LogP contribution in [0.1, 0.15) is 12.8 Å². The maximum absolute atomic E-state index is 10.7. The van der Waals surface area contributed by atoms with Crippen molar-refractivity contribution in [3.63, 3.8) is 0 Å². The van der Waals surface area contributed by atoms with Gasteiger partial charge in [-0.3, -0.25) is 10.1 Å². The third kappa shape index (κ3) is 4.76. The fraction of sp³-hybridized carbons (Fsp3) is 0.500. The number of aromatic nitrogens is 1. The van der Waals surface area contributed by atoms with Gasteiger partial charge in [-0.05, 0) is 24.9 Å². The van der Waals surface area contributed by atoms with Crippen LogP contribution in [0.15, 0.2) is 12.1 Å². The summed E-state index contributed by atoms with van der Waals surface area (Å²) >= 11 is 1.80. The molecule has 0 spiro atoms. The van der Waals surface area contributed by atoms with E-state index < -0.39 is 4.92 Å². The summed E-state index contributed by atoms with van der Waals surface area (Å²) in [5.74, 6) is 7.06. The van der Waals surface area contributed by atoms with E-state index in [9.17, 15) is 10.1 Å². The molecule has 0 aliphatic carbocycles. The summed E-state index contributed by atoms with van der Waals surface area (Å²) in [5, 5.41) is 13.8. The Morgan fingerprint density at radius 1 is 1.44 bits per heavy atom. The van der Waals surface area contributed by atoms with Gasteiger partial charge in [0, 0.05) is 6.54 Å². The minimum absolute atomic E-state index is 0.0374. The molecule has 18 heavy (non-hydrogen) atoms. The molecular formula is C10H17N5O2S. The molecule has 0 saturated heterocycles. The normalized spacial score (nSPS) is 10.1. The number of hydrogen-bond acceptors (Lipinski definition) is 7. The van der Waals surface area contributed by atoms with E-state index in [4.69, 9.17) is 5.84 Å². The number of anilines is 2. The molecule has 100 valence electrons. The molecule has 0 radical (unpaired) electrons. The van der Waals surface area contributed by atoms with Crippen molar-refractivity contribution in [2.24, 2.45) is 5.84 Å². The van der Waals surface area contributed by atoms with Gasteiger partial charge in [-0.15, -0.1) is 0 Å². The van der Waals surface area contributed by atoms with Crippen LogP contribution >= 0.6 is 11.8 Å². The van der Waals surface area contributed by atoms with Gasteiger partial charge in [0.05, 0.1) is 17.1 Å². The number of nitrogens with two attached hydrogens (primary N) is 1. The Morgan fingerprint density at radius 2 is 2.17 bits per heavy atom. The van der Waals surface area contributed by atoms with Gasteiger partial charge in [-0.25, -0.2) is 10.8 Å². The van der Waals surface area contributed by atoms with E-state index in [0.717, 1.165) is 25.1 Å². The van der Waals surface area contributed by atoms with Crippen LogP contribution in [0.3, 0.4) is 0 Å². The molecule has 0 aliphatic heterocycles. The Labute approximate surface area is 110 Å². The molecule has 1 heterocycles. The van der Waals surface area contributed by atoms with Crippen LogP contribution in [0, 0.1) is 10.1 Å². The van der Waals surface area contributed by atoms with Crippen LogP contribution in [-0.4, -0.2) is 28.5 Å². The number of hydrazine groups is 1. The van der Waals surface area contributed by atoms with Gasteiger partial charge in [0.15, 0.2) is 0 Å². The van der Waals surface area contributed by atoms with Gasteiger partial charge in [0.1, 0.15) is 11.6 Å². The van der Waals surface area contributed by atoms with Gasteiger partial charge in [-0.1, -0.05) is 0 Å². The van der Waals surface area contributed by atoms with E-state index in [0.29, 0.717) is 5.82 Å². The summed E-state index contributed by atoms with van der Waals surface area (Å²) in [6, 6.07) is 2.69. The summed E-state index contributed by atoms with van der Waals surface area (Å²) in [6.45, 7) is 0.735. The monoisotopic (exact) mass is 271 g/mol.